The summed E-state index contributed by atoms with van der Waals surface area (Å²) in [4.78, 5) is 4.49. The van der Waals surface area contributed by atoms with Crippen LogP contribution < -0.4 is 5.32 Å². The third kappa shape index (κ3) is 4.31. The lowest BCUT2D eigenvalue weighted by molar-refractivity contribution is 0.506. The van der Waals surface area contributed by atoms with Gasteiger partial charge in [-0.1, -0.05) is 24.6 Å². The molecule has 0 saturated carbocycles. The summed E-state index contributed by atoms with van der Waals surface area (Å²) in [5.74, 6) is 1.11. The summed E-state index contributed by atoms with van der Waals surface area (Å²) in [6.07, 6.45) is 5.87. The van der Waals surface area contributed by atoms with E-state index in [9.17, 15) is 0 Å². The number of hydrogen-bond acceptors (Lipinski definition) is 2. The van der Waals surface area contributed by atoms with Crippen LogP contribution in [0, 0.1) is 0 Å². The summed E-state index contributed by atoms with van der Waals surface area (Å²) in [5, 5.41) is 4.34. The van der Waals surface area contributed by atoms with Crippen LogP contribution in [0.15, 0.2) is 35.1 Å². The van der Waals surface area contributed by atoms with E-state index in [-0.39, 0.29) is 6.04 Å². The average Bonchev–Trinajstić information content (AvgIpc) is 2.93. The van der Waals surface area contributed by atoms with Gasteiger partial charge in [0.15, 0.2) is 0 Å². The van der Waals surface area contributed by atoms with E-state index >= 15 is 0 Å². The Balaban J connectivity index is 2.23. The minimum Gasteiger partial charge on any atom is -0.335 e. The summed E-state index contributed by atoms with van der Waals surface area (Å²) in [6.45, 7) is 6.24. The molecule has 5 heteroatoms. The van der Waals surface area contributed by atoms with Crippen LogP contribution in [0.4, 0.5) is 0 Å². The second kappa shape index (κ2) is 7.97. The van der Waals surface area contributed by atoms with Crippen molar-refractivity contribution in [1.29, 1.82) is 0 Å². The summed E-state index contributed by atoms with van der Waals surface area (Å²) in [6, 6.07) is 6.36. The molecule has 0 aliphatic rings. The molecule has 0 spiro atoms. The van der Waals surface area contributed by atoms with E-state index in [1.807, 2.05) is 18.5 Å². The van der Waals surface area contributed by atoms with Gasteiger partial charge < -0.3 is 9.88 Å². The molecule has 21 heavy (non-hydrogen) atoms. The van der Waals surface area contributed by atoms with E-state index < -0.39 is 0 Å². The third-order valence-corrected chi connectivity index (χ3v) is 4.73. The minimum absolute atomic E-state index is 0.242. The summed E-state index contributed by atoms with van der Waals surface area (Å²) < 4.78 is 3.12. The van der Waals surface area contributed by atoms with Crippen molar-refractivity contribution in [3.8, 4) is 0 Å². The van der Waals surface area contributed by atoms with E-state index in [1.54, 1.807) is 0 Å². The molecule has 1 aromatic carbocycles. The topological polar surface area (TPSA) is 29.9 Å². The zero-order valence-electron chi connectivity index (χ0n) is 12.4. The van der Waals surface area contributed by atoms with Crippen LogP contribution in [0.2, 0.25) is 5.02 Å². The predicted octanol–water partition coefficient (Wildman–Crippen LogP) is 4.60. The quantitative estimate of drug-likeness (QED) is 0.772. The zero-order valence-corrected chi connectivity index (χ0v) is 14.8. The fourth-order valence-electron chi connectivity index (χ4n) is 2.36. The van der Waals surface area contributed by atoms with Gasteiger partial charge in [-0.3, -0.25) is 0 Å². The summed E-state index contributed by atoms with van der Waals surface area (Å²) in [7, 11) is 0. The maximum Gasteiger partial charge on any atom is 0.110 e. The number of nitrogens with one attached hydrogen (secondary N) is 1. The highest BCUT2D eigenvalue weighted by Crippen LogP contribution is 2.27. The van der Waals surface area contributed by atoms with Crippen molar-refractivity contribution in [3.63, 3.8) is 0 Å². The van der Waals surface area contributed by atoms with Crippen LogP contribution in [-0.4, -0.2) is 16.1 Å². The summed E-state index contributed by atoms with van der Waals surface area (Å²) in [5.41, 5.74) is 1.23. The first-order chi connectivity index (χ1) is 10.2. The van der Waals surface area contributed by atoms with Crippen LogP contribution in [0.5, 0.6) is 0 Å². The summed E-state index contributed by atoms with van der Waals surface area (Å²) >= 11 is 9.60. The van der Waals surface area contributed by atoms with Gasteiger partial charge in [-0.05, 0) is 53.5 Å². The molecule has 1 N–H and O–H groups in total. The first-order valence-electron chi connectivity index (χ1n) is 7.34. The molecule has 0 saturated heterocycles. The number of aryl methyl sites for hydroxylation is 1. The molecule has 0 aliphatic heterocycles. The highest BCUT2D eigenvalue weighted by atomic mass is 79.9. The maximum atomic E-state index is 6.10. The molecule has 1 heterocycles. The molecule has 1 atom stereocenters. The van der Waals surface area contributed by atoms with Gasteiger partial charge >= 0.3 is 0 Å². The zero-order chi connectivity index (χ0) is 15.2. The lowest BCUT2D eigenvalue weighted by Crippen LogP contribution is -2.25. The molecule has 0 aliphatic carbocycles. The Morgan fingerprint density at radius 3 is 2.86 bits per heavy atom. The molecule has 3 nitrogen and oxygen atoms in total. The molecule has 2 aromatic rings. The Morgan fingerprint density at radius 2 is 2.19 bits per heavy atom. The van der Waals surface area contributed by atoms with Crippen LogP contribution >= 0.6 is 27.5 Å². The minimum atomic E-state index is 0.242. The normalized spacial score (nSPS) is 12.6. The molecule has 0 bridgehead atoms. The second-order valence-corrected chi connectivity index (χ2v) is 6.28. The standard InChI is InChI=1S/C16H21BrClN3/c1-3-7-19-15(11-16-20-8-9-21(16)4-2)12-5-6-14(18)13(17)10-12/h5-6,8-10,15,19H,3-4,7,11H2,1-2H3. The van der Waals surface area contributed by atoms with Gasteiger partial charge in [0, 0.05) is 35.9 Å². The van der Waals surface area contributed by atoms with Crippen molar-refractivity contribution in [2.75, 3.05) is 6.54 Å². The van der Waals surface area contributed by atoms with Gasteiger partial charge in [0.05, 0.1) is 5.02 Å². The average molecular weight is 371 g/mol. The van der Waals surface area contributed by atoms with Crippen molar-refractivity contribution >= 4 is 27.5 Å². The monoisotopic (exact) mass is 369 g/mol. The number of halogens is 2. The van der Waals surface area contributed by atoms with Crippen LogP contribution in [-0.2, 0) is 13.0 Å². The van der Waals surface area contributed by atoms with Gasteiger partial charge in [-0.25, -0.2) is 4.98 Å². The van der Waals surface area contributed by atoms with Crippen molar-refractivity contribution < 1.29 is 0 Å². The molecule has 0 amide bonds. The van der Waals surface area contributed by atoms with E-state index in [4.69, 9.17) is 11.6 Å². The Labute approximate surface area is 139 Å². The van der Waals surface area contributed by atoms with Crippen LogP contribution in [0.25, 0.3) is 0 Å². The smallest absolute Gasteiger partial charge is 0.110 e. The number of rotatable bonds is 7. The number of hydrogen-bond donors (Lipinski definition) is 1. The molecule has 1 aromatic heterocycles. The highest BCUT2D eigenvalue weighted by Gasteiger charge is 2.15. The fourth-order valence-corrected chi connectivity index (χ4v) is 2.87. The lowest BCUT2D eigenvalue weighted by Gasteiger charge is -2.20. The fraction of sp³-hybridized carbons (Fsp3) is 0.438. The molecular weight excluding hydrogens is 350 g/mol. The third-order valence-electron chi connectivity index (χ3n) is 3.52. The van der Waals surface area contributed by atoms with E-state index in [0.29, 0.717) is 0 Å². The molecular formula is C16H21BrClN3. The van der Waals surface area contributed by atoms with E-state index in [0.717, 1.165) is 41.3 Å². The van der Waals surface area contributed by atoms with Gasteiger partial charge in [0.1, 0.15) is 5.82 Å². The Hall–Kier alpha value is -0.840. The highest BCUT2D eigenvalue weighted by molar-refractivity contribution is 9.10. The van der Waals surface area contributed by atoms with Crippen molar-refractivity contribution in [3.05, 3.63) is 51.5 Å². The van der Waals surface area contributed by atoms with E-state index in [2.05, 4.69) is 56.8 Å². The van der Waals surface area contributed by atoms with Crippen LogP contribution in [0.3, 0.4) is 0 Å². The number of imidazole rings is 1. The maximum absolute atomic E-state index is 6.10. The molecule has 0 fully saturated rings. The second-order valence-electron chi connectivity index (χ2n) is 5.01. The molecule has 2 rings (SSSR count). The van der Waals surface area contributed by atoms with Crippen molar-refractivity contribution in [2.24, 2.45) is 0 Å². The van der Waals surface area contributed by atoms with Gasteiger partial charge in [0.25, 0.3) is 0 Å². The van der Waals surface area contributed by atoms with Gasteiger partial charge in [0.2, 0.25) is 0 Å². The van der Waals surface area contributed by atoms with Crippen LogP contribution in [0.1, 0.15) is 37.7 Å². The SMILES string of the molecule is CCCNC(Cc1nccn1CC)c1ccc(Cl)c(Br)c1. The first kappa shape index (κ1) is 16.5. The van der Waals surface area contributed by atoms with Crippen molar-refractivity contribution in [2.45, 2.75) is 39.3 Å². The Morgan fingerprint density at radius 1 is 1.38 bits per heavy atom. The first-order valence-corrected chi connectivity index (χ1v) is 8.51. The largest absolute Gasteiger partial charge is 0.335 e. The molecule has 0 radical (unpaired) electrons. The van der Waals surface area contributed by atoms with Gasteiger partial charge in [-0.2, -0.15) is 0 Å². The van der Waals surface area contributed by atoms with E-state index in [1.165, 1.54) is 5.56 Å². The molecule has 1 unspecified atom stereocenters. The van der Waals surface area contributed by atoms with Gasteiger partial charge in [-0.15, -0.1) is 0 Å². The number of aromatic nitrogens is 2. The lowest BCUT2D eigenvalue weighted by atomic mass is 10.0. The predicted molar refractivity (Wildman–Crippen MR) is 91.8 cm³/mol. The molecule has 114 valence electrons. The Kier molecular flexibility index (Phi) is 6.27. The number of nitrogens with zero attached hydrogens (tertiary/aromatic N) is 2. The Bertz CT molecular complexity index is 583. The number of benzene rings is 1. The van der Waals surface area contributed by atoms with Crippen molar-refractivity contribution in [1.82, 2.24) is 14.9 Å².